The molecule has 1 atom stereocenters. The maximum atomic E-state index is 12.2. The zero-order valence-electron chi connectivity index (χ0n) is 14.8. The van der Waals surface area contributed by atoms with Gasteiger partial charge in [0, 0.05) is 23.5 Å². The third kappa shape index (κ3) is 5.16. The molecule has 26 heavy (non-hydrogen) atoms. The number of likely N-dealkylation sites (tertiary alicyclic amines) is 1. The maximum Gasteiger partial charge on any atom is 0.234 e. The number of nitrogens with zero attached hydrogens (tertiary/aromatic N) is 1. The van der Waals surface area contributed by atoms with Crippen molar-refractivity contribution >= 4 is 28.8 Å². The number of carbonyl (C=O) groups excluding carboxylic acids is 2. The average Bonchev–Trinajstić information content (AvgIpc) is 3.27. The summed E-state index contributed by atoms with van der Waals surface area (Å²) < 4.78 is 0. The molecule has 3 N–H and O–H groups in total. The summed E-state index contributed by atoms with van der Waals surface area (Å²) in [5.41, 5.74) is 7.36. The Morgan fingerprint density at radius 2 is 2.15 bits per heavy atom. The molecule has 0 aliphatic carbocycles. The molecular formula is C20H25N3O2S. The van der Waals surface area contributed by atoms with Crippen molar-refractivity contribution in [2.75, 3.05) is 11.9 Å². The number of amides is 2. The van der Waals surface area contributed by atoms with E-state index in [0.717, 1.165) is 43.5 Å². The van der Waals surface area contributed by atoms with Crippen LogP contribution in [0, 0.1) is 0 Å². The number of benzene rings is 1. The predicted octanol–water partition coefficient (Wildman–Crippen LogP) is 3.16. The summed E-state index contributed by atoms with van der Waals surface area (Å²) in [5.74, 6) is -0.215. The highest BCUT2D eigenvalue weighted by Gasteiger charge is 2.28. The van der Waals surface area contributed by atoms with E-state index in [2.05, 4.69) is 21.7 Å². The lowest BCUT2D eigenvalue weighted by Crippen LogP contribution is -2.39. The Bertz CT molecular complexity index is 745. The number of hydrogen-bond acceptors (Lipinski definition) is 4. The van der Waals surface area contributed by atoms with Gasteiger partial charge in [-0.3, -0.25) is 14.5 Å². The summed E-state index contributed by atoms with van der Waals surface area (Å²) in [5, 5.41) is 5.04. The zero-order chi connectivity index (χ0) is 18.4. The quantitative estimate of drug-likeness (QED) is 0.748. The Labute approximate surface area is 158 Å². The molecule has 3 rings (SSSR count). The summed E-state index contributed by atoms with van der Waals surface area (Å²) in [6.45, 7) is 1.56. The van der Waals surface area contributed by atoms with Crippen LogP contribution >= 0.6 is 11.3 Å². The van der Waals surface area contributed by atoms with Crippen LogP contribution in [0.4, 0.5) is 5.69 Å². The molecule has 1 aliphatic heterocycles. The third-order valence-electron chi connectivity index (χ3n) is 4.70. The second-order valence-electron chi connectivity index (χ2n) is 6.71. The molecule has 1 aromatic heterocycles. The summed E-state index contributed by atoms with van der Waals surface area (Å²) >= 11 is 1.73. The molecule has 138 valence electrons. The molecule has 2 amide bonds. The van der Waals surface area contributed by atoms with Gasteiger partial charge in [-0.15, -0.1) is 11.3 Å². The molecule has 0 radical (unpaired) electrons. The first-order valence-electron chi connectivity index (χ1n) is 9.06. The number of nitrogens with one attached hydrogen (secondary N) is 1. The molecule has 0 unspecified atom stereocenters. The number of rotatable bonds is 8. The first kappa shape index (κ1) is 18.6. The molecule has 1 aliphatic rings. The molecule has 2 aromatic rings. The van der Waals surface area contributed by atoms with E-state index in [4.69, 9.17) is 5.73 Å². The van der Waals surface area contributed by atoms with Crippen LogP contribution in [0.25, 0.3) is 0 Å². The number of aryl methyl sites for hydroxylation is 1. The SMILES string of the molecule is NC(=O)[C@H]1CCCN1Cc1cccc(NC(=O)CCCc2cccs2)c1. The van der Waals surface area contributed by atoms with Gasteiger partial charge in [-0.05, 0) is 61.4 Å². The molecule has 0 saturated carbocycles. The Morgan fingerprint density at radius 1 is 1.27 bits per heavy atom. The van der Waals surface area contributed by atoms with E-state index in [9.17, 15) is 9.59 Å². The summed E-state index contributed by atoms with van der Waals surface area (Å²) in [4.78, 5) is 27.1. The van der Waals surface area contributed by atoms with Crippen molar-refractivity contribution in [2.24, 2.45) is 5.73 Å². The van der Waals surface area contributed by atoms with Crippen LogP contribution in [0.3, 0.4) is 0 Å². The monoisotopic (exact) mass is 371 g/mol. The number of anilines is 1. The summed E-state index contributed by atoms with van der Waals surface area (Å²) in [6, 6.07) is 11.8. The Kier molecular flexibility index (Phi) is 6.41. The van der Waals surface area contributed by atoms with Gasteiger partial charge in [-0.1, -0.05) is 18.2 Å². The molecule has 0 bridgehead atoms. The van der Waals surface area contributed by atoms with Crippen molar-refractivity contribution in [1.82, 2.24) is 4.90 Å². The zero-order valence-corrected chi connectivity index (χ0v) is 15.6. The highest BCUT2D eigenvalue weighted by molar-refractivity contribution is 7.09. The van der Waals surface area contributed by atoms with Crippen molar-refractivity contribution in [2.45, 2.75) is 44.7 Å². The highest BCUT2D eigenvalue weighted by atomic mass is 32.1. The Balaban J connectivity index is 1.50. The van der Waals surface area contributed by atoms with E-state index in [-0.39, 0.29) is 17.9 Å². The summed E-state index contributed by atoms with van der Waals surface area (Å²) in [6.07, 6.45) is 4.12. The predicted molar refractivity (Wildman–Crippen MR) is 105 cm³/mol. The van der Waals surface area contributed by atoms with Crippen LogP contribution in [-0.4, -0.2) is 29.3 Å². The standard InChI is InChI=1S/C20H25N3O2S/c21-20(25)18-9-3-11-23(18)14-15-5-1-6-16(13-15)22-19(24)10-2-7-17-8-4-12-26-17/h1,4-6,8,12-13,18H,2-3,7,9-11,14H2,(H2,21,25)(H,22,24)/t18-/m1/s1. The summed E-state index contributed by atoms with van der Waals surface area (Å²) in [7, 11) is 0. The molecule has 5 nitrogen and oxygen atoms in total. The van der Waals surface area contributed by atoms with Crippen LogP contribution in [0.2, 0.25) is 0 Å². The number of hydrogen-bond donors (Lipinski definition) is 2. The number of carbonyl (C=O) groups is 2. The minimum absolute atomic E-state index is 0.0369. The van der Waals surface area contributed by atoms with Gasteiger partial charge in [0.1, 0.15) is 0 Å². The van der Waals surface area contributed by atoms with Gasteiger partial charge in [0.25, 0.3) is 0 Å². The second kappa shape index (κ2) is 8.96. The van der Waals surface area contributed by atoms with Gasteiger partial charge in [0.15, 0.2) is 0 Å². The van der Waals surface area contributed by atoms with Crippen LogP contribution in [0.15, 0.2) is 41.8 Å². The highest BCUT2D eigenvalue weighted by Crippen LogP contribution is 2.21. The number of thiophene rings is 1. The van der Waals surface area contributed by atoms with Crippen molar-refractivity contribution in [3.8, 4) is 0 Å². The van der Waals surface area contributed by atoms with Crippen molar-refractivity contribution < 1.29 is 9.59 Å². The molecule has 6 heteroatoms. The topological polar surface area (TPSA) is 75.4 Å². The van der Waals surface area contributed by atoms with E-state index in [1.807, 2.05) is 30.3 Å². The van der Waals surface area contributed by atoms with Gasteiger partial charge < -0.3 is 11.1 Å². The fourth-order valence-electron chi connectivity index (χ4n) is 3.42. The van der Waals surface area contributed by atoms with Crippen LogP contribution in [0.5, 0.6) is 0 Å². The van der Waals surface area contributed by atoms with Gasteiger partial charge in [0.05, 0.1) is 6.04 Å². The first-order valence-corrected chi connectivity index (χ1v) is 9.94. The van der Waals surface area contributed by atoms with Crippen LogP contribution in [0.1, 0.15) is 36.1 Å². The average molecular weight is 372 g/mol. The fourth-order valence-corrected chi connectivity index (χ4v) is 4.17. The fraction of sp³-hybridized carbons (Fsp3) is 0.400. The lowest BCUT2D eigenvalue weighted by atomic mass is 10.1. The molecule has 1 fully saturated rings. The smallest absolute Gasteiger partial charge is 0.234 e. The van der Waals surface area contributed by atoms with E-state index in [0.29, 0.717) is 13.0 Å². The van der Waals surface area contributed by atoms with Crippen molar-refractivity contribution in [3.63, 3.8) is 0 Å². The van der Waals surface area contributed by atoms with E-state index in [1.165, 1.54) is 4.88 Å². The molecule has 0 spiro atoms. The second-order valence-corrected chi connectivity index (χ2v) is 7.74. The van der Waals surface area contributed by atoms with Gasteiger partial charge in [0.2, 0.25) is 11.8 Å². The normalized spacial score (nSPS) is 17.3. The number of nitrogens with two attached hydrogens (primary N) is 1. The van der Waals surface area contributed by atoms with E-state index < -0.39 is 0 Å². The Morgan fingerprint density at radius 3 is 2.92 bits per heavy atom. The minimum atomic E-state index is -0.252. The molecular weight excluding hydrogens is 346 g/mol. The largest absolute Gasteiger partial charge is 0.368 e. The minimum Gasteiger partial charge on any atom is -0.368 e. The van der Waals surface area contributed by atoms with Gasteiger partial charge in [-0.2, -0.15) is 0 Å². The molecule has 1 saturated heterocycles. The molecule has 2 heterocycles. The van der Waals surface area contributed by atoms with E-state index in [1.54, 1.807) is 11.3 Å². The van der Waals surface area contributed by atoms with Gasteiger partial charge >= 0.3 is 0 Å². The van der Waals surface area contributed by atoms with E-state index >= 15 is 0 Å². The lowest BCUT2D eigenvalue weighted by Gasteiger charge is -2.22. The first-order chi connectivity index (χ1) is 12.6. The van der Waals surface area contributed by atoms with Gasteiger partial charge in [-0.25, -0.2) is 0 Å². The maximum absolute atomic E-state index is 12.2. The third-order valence-corrected chi connectivity index (χ3v) is 5.63. The molecule has 1 aromatic carbocycles. The Hall–Kier alpha value is -2.18. The number of primary amides is 1. The van der Waals surface area contributed by atoms with Crippen LogP contribution in [-0.2, 0) is 22.6 Å². The lowest BCUT2D eigenvalue weighted by molar-refractivity contribution is -0.122. The van der Waals surface area contributed by atoms with Crippen molar-refractivity contribution in [3.05, 3.63) is 52.2 Å². The van der Waals surface area contributed by atoms with Crippen molar-refractivity contribution in [1.29, 1.82) is 0 Å². The van der Waals surface area contributed by atoms with Crippen LogP contribution < -0.4 is 11.1 Å².